The van der Waals surface area contributed by atoms with Crippen LogP contribution in [0.4, 0.5) is 4.79 Å². The van der Waals surface area contributed by atoms with Gasteiger partial charge >= 0.3 is 6.09 Å². The average Bonchev–Trinajstić information content (AvgIpc) is 3.18. The van der Waals surface area contributed by atoms with Crippen molar-refractivity contribution in [3.05, 3.63) is 0 Å². The topological polar surface area (TPSA) is 83.2 Å². The van der Waals surface area contributed by atoms with Gasteiger partial charge in [-0.15, -0.1) is 0 Å². The highest BCUT2D eigenvalue weighted by Gasteiger charge is 2.39. The molecule has 0 atom stereocenters. The van der Waals surface area contributed by atoms with Crippen LogP contribution < -0.4 is 11.1 Å². The van der Waals surface area contributed by atoms with Crippen molar-refractivity contribution in [2.75, 3.05) is 50.8 Å². The second-order valence-corrected chi connectivity index (χ2v) is 9.06. The molecule has 3 fully saturated rings. The summed E-state index contributed by atoms with van der Waals surface area (Å²) in [5.41, 5.74) is 6.45. The van der Waals surface area contributed by atoms with Gasteiger partial charge in [-0.3, -0.25) is 9.89 Å². The van der Waals surface area contributed by atoms with E-state index >= 15 is 0 Å². The van der Waals surface area contributed by atoms with Gasteiger partial charge in [-0.05, 0) is 32.6 Å². The Kier molecular flexibility index (Phi) is 7.52. The molecule has 0 aromatic heterocycles. The summed E-state index contributed by atoms with van der Waals surface area (Å²) < 4.78 is 5.07. The third-order valence-corrected chi connectivity index (χ3v) is 7.08. The van der Waals surface area contributed by atoms with E-state index in [0.29, 0.717) is 25.7 Å². The van der Waals surface area contributed by atoms with Crippen LogP contribution in [0.25, 0.3) is 0 Å². The number of ether oxygens (including phenoxy) is 1. The maximum Gasteiger partial charge on any atom is 0.409 e. The summed E-state index contributed by atoms with van der Waals surface area (Å²) in [5, 5.41) is 3.38. The van der Waals surface area contributed by atoms with Gasteiger partial charge < -0.3 is 20.7 Å². The lowest BCUT2D eigenvalue weighted by Gasteiger charge is -2.42. The van der Waals surface area contributed by atoms with Crippen molar-refractivity contribution in [2.24, 2.45) is 10.7 Å². The average molecular weight is 398 g/mol. The first-order chi connectivity index (χ1) is 13.1. The minimum atomic E-state index is -0.208. The molecule has 3 aliphatic rings. The predicted molar refractivity (Wildman–Crippen MR) is 111 cm³/mol. The van der Waals surface area contributed by atoms with E-state index in [1.54, 1.807) is 4.90 Å². The molecule has 0 aromatic carbocycles. The minimum absolute atomic E-state index is 0.208. The lowest BCUT2D eigenvalue weighted by atomic mass is 9.95. The number of nitrogens with two attached hydrogens (primary N) is 1. The number of carbonyl (C=O) groups is 1. The van der Waals surface area contributed by atoms with Crippen molar-refractivity contribution in [1.29, 1.82) is 0 Å². The lowest BCUT2D eigenvalue weighted by Crippen LogP contribution is -2.53. The molecule has 1 aliphatic carbocycles. The molecule has 3 N–H and O–H groups in total. The summed E-state index contributed by atoms with van der Waals surface area (Å²) >= 11 is 2.06. The molecule has 27 heavy (non-hydrogen) atoms. The van der Waals surface area contributed by atoms with Gasteiger partial charge in [0.1, 0.15) is 0 Å². The van der Waals surface area contributed by atoms with Crippen LogP contribution in [0.3, 0.4) is 0 Å². The van der Waals surface area contributed by atoms with Crippen LogP contribution in [-0.2, 0) is 4.74 Å². The second kappa shape index (κ2) is 9.87. The number of rotatable bonds is 5. The van der Waals surface area contributed by atoms with Crippen LogP contribution >= 0.6 is 11.8 Å². The van der Waals surface area contributed by atoms with Gasteiger partial charge in [0.25, 0.3) is 0 Å². The molecule has 3 rings (SSSR count). The first-order valence-electron chi connectivity index (χ1n) is 10.4. The zero-order valence-corrected chi connectivity index (χ0v) is 17.4. The summed E-state index contributed by atoms with van der Waals surface area (Å²) in [4.78, 5) is 21.0. The van der Waals surface area contributed by atoms with Gasteiger partial charge in [0.15, 0.2) is 5.96 Å². The summed E-state index contributed by atoms with van der Waals surface area (Å²) in [7, 11) is 0. The van der Waals surface area contributed by atoms with E-state index in [1.807, 2.05) is 6.92 Å². The van der Waals surface area contributed by atoms with Crippen molar-refractivity contribution in [3.8, 4) is 0 Å². The Morgan fingerprint density at radius 3 is 2.52 bits per heavy atom. The van der Waals surface area contributed by atoms with Gasteiger partial charge in [-0.25, -0.2) is 4.79 Å². The fourth-order valence-corrected chi connectivity index (χ4v) is 5.46. The highest BCUT2D eigenvalue weighted by molar-refractivity contribution is 7.99. The number of amides is 1. The Labute approximate surface area is 167 Å². The van der Waals surface area contributed by atoms with Gasteiger partial charge in [0, 0.05) is 49.3 Å². The molecule has 154 valence electrons. The Morgan fingerprint density at radius 2 is 1.89 bits per heavy atom. The second-order valence-electron chi connectivity index (χ2n) is 7.84. The SMILES string of the molecule is CCOC(=O)N1CCC(NC(N)=NCC2(N3CCSCC3)CCCC2)CC1. The number of nitrogens with zero attached hydrogens (tertiary/aromatic N) is 3. The number of guanidine groups is 1. The fraction of sp³-hybridized carbons (Fsp3) is 0.895. The summed E-state index contributed by atoms with van der Waals surface area (Å²) in [6.45, 7) is 6.84. The van der Waals surface area contributed by atoms with Gasteiger partial charge in [0.05, 0.1) is 13.2 Å². The van der Waals surface area contributed by atoms with Gasteiger partial charge in [-0.2, -0.15) is 11.8 Å². The van der Waals surface area contributed by atoms with Crippen molar-refractivity contribution in [2.45, 2.75) is 57.0 Å². The van der Waals surface area contributed by atoms with Gasteiger partial charge in [0.2, 0.25) is 0 Å². The van der Waals surface area contributed by atoms with E-state index in [4.69, 9.17) is 15.5 Å². The largest absolute Gasteiger partial charge is 0.450 e. The zero-order chi connectivity index (χ0) is 19.1. The number of piperidine rings is 1. The number of thioether (sulfide) groups is 1. The lowest BCUT2D eigenvalue weighted by molar-refractivity contribution is 0.0962. The molecule has 8 heteroatoms. The standard InChI is InChI=1S/C19H35N5O2S/c1-2-26-18(25)23-9-5-16(6-10-23)22-17(20)21-15-19(7-3-4-8-19)24-11-13-27-14-12-24/h16H,2-15H2,1H3,(H3,20,21,22). The number of hydrogen-bond acceptors (Lipinski definition) is 5. The molecule has 0 radical (unpaired) electrons. The summed E-state index contributed by atoms with van der Waals surface area (Å²) in [6, 6.07) is 0.283. The smallest absolute Gasteiger partial charge is 0.409 e. The molecular weight excluding hydrogens is 362 g/mol. The molecule has 2 saturated heterocycles. The third kappa shape index (κ3) is 5.44. The Hall–Kier alpha value is -1.15. The van der Waals surface area contributed by atoms with Crippen molar-refractivity contribution in [1.82, 2.24) is 15.1 Å². The minimum Gasteiger partial charge on any atom is -0.450 e. The van der Waals surface area contributed by atoms with Crippen LogP contribution in [0.5, 0.6) is 0 Å². The first kappa shape index (κ1) is 20.6. The number of nitrogens with one attached hydrogen (secondary N) is 1. The first-order valence-corrected chi connectivity index (χ1v) is 11.6. The third-order valence-electron chi connectivity index (χ3n) is 6.13. The van der Waals surface area contributed by atoms with Crippen LogP contribution in [0.1, 0.15) is 45.4 Å². The molecule has 2 aliphatic heterocycles. The molecule has 7 nitrogen and oxygen atoms in total. The Bertz CT molecular complexity index is 510. The quantitative estimate of drug-likeness (QED) is 0.544. The highest BCUT2D eigenvalue weighted by atomic mass is 32.2. The Morgan fingerprint density at radius 1 is 1.22 bits per heavy atom. The summed E-state index contributed by atoms with van der Waals surface area (Å²) in [5.74, 6) is 3.03. The van der Waals surface area contributed by atoms with E-state index in [0.717, 1.165) is 19.4 Å². The molecule has 2 heterocycles. The molecule has 0 bridgehead atoms. The van der Waals surface area contributed by atoms with E-state index in [1.165, 1.54) is 50.3 Å². The molecule has 0 aromatic rings. The fourth-order valence-electron chi connectivity index (χ4n) is 4.55. The molecule has 0 unspecified atom stereocenters. The van der Waals surface area contributed by atoms with Crippen LogP contribution in [0.15, 0.2) is 4.99 Å². The van der Waals surface area contributed by atoms with Crippen molar-refractivity contribution in [3.63, 3.8) is 0 Å². The van der Waals surface area contributed by atoms with Crippen molar-refractivity contribution < 1.29 is 9.53 Å². The number of carbonyl (C=O) groups excluding carboxylic acids is 1. The zero-order valence-electron chi connectivity index (χ0n) is 16.6. The highest BCUT2D eigenvalue weighted by Crippen LogP contribution is 2.37. The van der Waals surface area contributed by atoms with E-state index in [9.17, 15) is 4.79 Å². The molecular formula is C19H35N5O2S. The van der Waals surface area contributed by atoms with E-state index in [2.05, 4.69) is 22.0 Å². The van der Waals surface area contributed by atoms with E-state index in [-0.39, 0.29) is 17.7 Å². The van der Waals surface area contributed by atoms with Crippen molar-refractivity contribution >= 4 is 23.8 Å². The monoisotopic (exact) mass is 397 g/mol. The van der Waals surface area contributed by atoms with E-state index < -0.39 is 0 Å². The number of hydrogen-bond donors (Lipinski definition) is 2. The maximum atomic E-state index is 11.8. The van der Waals surface area contributed by atoms with Crippen LogP contribution in [0, 0.1) is 0 Å². The number of likely N-dealkylation sites (tertiary alicyclic amines) is 1. The van der Waals surface area contributed by atoms with Crippen LogP contribution in [0.2, 0.25) is 0 Å². The Balaban J connectivity index is 1.48. The normalized spacial score (nSPS) is 24.8. The summed E-state index contributed by atoms with van der Waals surface area (Å²) in [6.07, 6.45) is 6.64. The predicted octanol–water partition coefficient (Wildman–Crippen LogP) is 1.87. The molecule has 1 saturated carbocycles. The molecule has 1 amide bonds. The van der Waals surface area contributed by atoms with Gasteiger partial charge in [-0.1, -0.05) is 12.8 Å². The molecule has 0 spiro atoms. The number of aliphatic imine (C=N–C) groups is 1. The van der Waals surface area contributed by atoms with Crippen LogP contribution in [-0.4, -0.2) is 84.3 Å². The maximum absolute atomic E-state index is 11.8.